The topological polar surface area (TPSA) is 42.1 Å². The molecule has 0 aliphatic carbocycles. The lowest BCUT2D eigenvalue weighted by atomic mass is 9.96. The van der Waals surface area contributed by atoms with Crippen LogP contribution in [0, 0.1) is 0 Å². The van der Waals surface area contributed by atoms with Gasteiger partial charge in [-0.05, 0) is 12.0 Å². The molecule has 102 valence electrons. The highest BCUT2D eigenvalue weighted by atomic mass is 19.1. The predicted molar refractivity (Wildman–Crippen MR) is 66.4 cm³/mol. The van der Waals surface area contributed by atoms with Gasteiger partial charge in [0.05, 0.1) is 13.2 Å². The van der Waals surface area contributed by atoms with Crippen molar-refractivity contribution in [2.24, 2.45) is 0 Å². The summed E-state index contributed by atoms with van der Waals surface area (Å²) in [5.74, 6) is 0. The van der Waals surface area contributed by atoms with Crippen LogP contribution in [0.1, 0.15) is 12.0 Å². The van der Waals surface area contributed by atoms with Crippen LogP contribution in [-0.2, 0) is 16.1 Å². The summed E-state index contributed by atoms with van der Waals surface area (Å²) in [6, 6.07) is 9.44. The van der Waals surface area contributed by atoms with Crippen molar-refractivity contribution in [1.29, 1.82) is 0 Å². The van der Waals surface area contributed by atoms with Crippen LogP contribution in [0.15, 0.2) is 30.3 Å². The zero-order valence-corrected chi connectivity index (χ0v) is 10.5. The maximum Gasteiger partial charge on any atom is 0.410 e. The number of amides is 1. The Morgan fingerprint density at radius 1 is 1.47 bits per heavy atom. The van der Waals surface area contributed by atoms with Crippen molar-refractivity contribution < 1.29 is 18.7 Å². The van der Waals surface area contributed by atoms with Crippen LogP contribution in [0.2, 0.25) is 0 Å². The fourth-order valence-corrected chi connectivity index (χ4v) is 2.33. The summed E-state index contributed by atoms with van der Waals surface area (Å²) in [6.45, 7) is 1.25. The summed E-state index contributed by atoms with van der Waals surface area (Å²) in [7, 11) is 0. The number of ether oxygens (including phenoxy) is 2. The smallest absolute Gasteiger partial charge is 0.410 e. The summed E-state index contributed by atoms with van der Waals surface area (Å²) in [5.41, 5.74) is 0.322. The van der Waals surface area contributed by atoms with Gasteiger partial charge in [0.15, 0.2) is 0 Å². The van der Waals surface area contributed by atoms with Gasteiger partial charge in [-0.3, -0.25) is 0 Å². The zero-order valence-electron chi connectivity index (χ0n) is 10.5. The highest BCUT2D eigenvalue weighted by Gasteiger charge is 2.55. The number of rotatable bonds is 2. The molecule has 0 unspecified atom stereocenters. The standard InChI is InChI=1S/C14H16FNO3/c15-12-8-16(7-6-14(12)10-19-14)13(17)18-9-11-4-2-1-3-5-11/h1-5,12H,6-10H2/t12-,14+/m1/s1. The van der Waals surface area contributed by atoms with Crippen LogP contribution in [0.3, 0.4) is 0 Å². The van der Waals surface area contributed by atoms with Crippen LogP contribution in [-0.4, -0.2) is 42.5 Å². The van der Waals surface area contributed by atoms with Gasteiger partial charge in [0.25, 0.3) is 0 Å². The van der Waals surface area contributed by atoms with Crippen LogP contribution in [0.4, 0.5) is 9.18 Å². The van der Waals surface area contributed by atoms with Gasteiger partial charge in [0.2, 0.25) is 0 Å². The molecular formula is C14H16FNO3. The largest absolute Gasteiger partial charge is 0.445 e. The van der Waals surface area contributed by atoms with Crippen LogP contribution in [0.5, 0.6) is 0 Å². The molecule has 1 spiro atoms. The number of nitrogens with zero attached hydrogens (tertiary/aromatic N) is 1. The van der Waals surface area contributed by atoms with Gasteiger partial charge in [-0.1, -0.05) is 30.3 Å². The Hall–Kier alpha value is -1.62. The van der Waals surface area contributed by atoms with Crippen LogP contribution in [0.25, 0.3) is 0 Å². The molecule has 19 heavy (non-hydrogen) atoms. The van der Waals surface area contributed by atoms with Gasteiger partial charge in [0.1, 0.15) is 18.4 Å². The fraction of sp³-hybridized carbons (Fsp3) is 0.500. The van der Waals surface area contributed by atoms with E-state index in [1.807, 2.05) is 30.3 Å². The number of piperidine rings is 1. The number of halogens is 1. The molecule has 0 aromatic heterocycles. The van der Waals surface area contributed by atoms with Gasteiger partial charge in [-0.25, -0.2) is 9.18 Å². The Bertz CT molecular complexity index is 461. The van der Waals surface area contributed by atoms with Crippen molar-refractivity contribution in [3.05, 3.63) is 35.9 Å². The number of hydrogen-bond acceptors (Lipinski definition) is 3. The predicted octanol–water partition coefficient (Wildman–Crippen LogP) is 2.14. The van der Waals surface area contributed by atoms with E-state index in [2.05, 4.69) is 0 Å². The van der Waals surface area contributed by atoms with E-state index in [1.54, 1.807) is 0 Å². The van der Waals surface area contributed by atoms with Crippen molar-refractivity contribution in [1.82, 2.24) is 4.90 Å². The number of carbonyl (C=O) groups excluding carboxylic acids is 1. The molecule has 2 fully saturated rings. The van der Waals surface area contributed by atoms with Crippen LogP contribution >= 0.6 is 0 Å². The van der Waals surface area contributed by atoms with Crippen molar-refractivity contribution in [3.8, 4) is 0 Å². The molecule has 0 N–H and O–H groups in total. The normalized spacial score (nSPS) is 29.3. The third-order valence-corrected chi connectivity index (χ3v) is 3.73. The summed E-state index contributed by atoms with van der Waals surface area (Å²) in [6.07, 6.45) is -1.01. The molecule has 4 nitrogen and oxygen atoms in total. The quantitative estimate of drug-likeness (QED) is 0.769. The molecule has 5 heteroatoms. The molecule has 2 saturated heterocycles. The number of epoxide rings is 1. The van der Waals surface area contributed by atoms with Crippen molar-refractivity contribution in [2.45, 2.75) is 24.8 Å². The molecule has 1 aromatic rings. The summed E-state index contributed by atoms with van der Waals surface area (Å²) in [5, 5.41) is 0. The lowest BCUT2D eigenvalue weighted by Gasteiger charge is -2.32. The molecule has 1 aromatic carbocycles. The fourth-order valence-electron chi connectivity index (χ4n) is 2.33. The average Bonchev–Trinajstić information content (AvgIpc) is 3.21. The molecule has 3 rings (SSSR count). The molecule has 0 radical (unpaired) electrons. The van der Waals surface area contributed by atoms with Gasteiger partial charge in [-0.15, -0.1) is 0 Å². The lowest BCUT2D eigenvalue weighted by Crippen LogP contribution is -2.49. The summed E-state index contributed by atoms with van der Waals surface area (Å²) < 4.78 is 24.2. The Morgan fingerprint density at radius 3 is 2.84 bits per heavy atom. The van der Waals surface area contributed by atoms with Gasteiger partial charge in [0, 0.05) is 6.54 Å². The minimum absolute atomic E-state index is 0.0631. The third-order valence-electron chi connectivity index (χ3n) is 3.73. The van der Waals surface area contributed by atoms with E-state index in [0.29, 0.717) is 19.6 Å². The van der Waals surface area contributed by atoms with E-state index in [9.17, 15) is 9.18 Å². The second-order valence-electron chi connectivity index (χ2n) is 5.06. The SMILES string of the molecule is O=C(OCc1ccccc1)N1CC[C@]2(CO2)[C@H](F)C1. The van der Waals surface area contributed by atoms with Crippen molar-refractivity contribution >= 4 is 6.09 Å². The Balaban J connectivity index is 1.51. The molecule has 2 aliphatic rings. The lowest BCUT2D eigenvalue weighted by molar-refractivity contribution is 0.0377. The van der Waals surface area contributed by atoms with Gasteiger partial charge in [-0.2, -0.15) is 0 Å². The maximum absolute atomic E-state index is 13.8. The van der Waals surface area contributed by atoms with Crippen LogP contribution < -0.4 is 0 Å². The minimum Gasteiger partial charge on any atom is -0.445 e. The second kappa shape index (κ2) is 4.81. The van der Waals surface area contributed by atoms with E-state index in [0.717, 1.165) is 5.56 Å². The molecule has 2 aliphatic heterocycles. The number of benzene rings is 1. The van der Waals surface area contributed by atoms with E-state index in [1.165, 1.54) is 4.90 Å². The first kappa shape index (κ1) is 12.4. The number of alkyl halides is 1. The first-order valence-corrected chi connectivity index (χ1v) is 6.43. The molecular weight excluding hydrogens is 249 g/mol. The first-order valence-electron chi connectivity index (χ1n) is 6.43. The Labute approximate surface area is 111 Å². The first-order chi connectivity index (χ1) is 9.20. The molecule has 0 saturated carbocycles. The molecule has 2 atom stereocenters. The number of likely N-dealkylation sites (tertiary alicyclic amines) is 1. The number of carbonyl (C=O) groups is 1. The zero-order chi connectivity index (χ0) is 13.3. The molecule has 2 heterocycles. The van der Waals surface area contributed by atoms with Gasteiger partial charge < -0.3 is 14.4 Å². The van der Waals surface area contributed by atoms with E-state index in [4.69, 9.17) is 9.47 Å². The Kier molecular flexibility index (Phi) is 3.14. The number of hydrogen-bond donors (Lipinski definition) is 0. The summed E-state index contributed by atoms with van der Waals surface area (Å²) >= 11 is 0. The highest BCUT2D eigenvalue weighted by molar-refractivity contribution is 5.68. The Morgan fingerprint density at radius 2 is 2.21 bits per heavy atom. The summed E-state index contributed by atoms with van der Waals surface area (Å²) in [4.78, 5) is 13.3. The minimum atomic E-state index is -1.11. The maximum atomic E-state index is 13.8. The monoisotopic (exact) mass is 265 g/mol. The van der Waals surface area contributed by atoms with E-state index >= 15 is 0 Å². The van der Waals surface area contributed by atoms with E-state index in [-0.39, 0.29) is 13.2 Å². The van der Waals surface area contributed by atoms with Gasteiger partial charge >= 0.3 is 6.09 Å². The van der Waals surface area contributed by atoms with E-state index < -0.39 is 17.9 Å². The molecule has 1 amide bonds. The molecule has 0 bridgehead atoms. The second-order valence-corrected chi connectivity index (χ2v) is 5.06. The van der Waals surface area contributed by atoms with Crippen molar-refractivity contribution in [2.75, 3.05) is 19.7 Å². The average molecular weight is 265 g/mol. The third kappa shape index (κ3) is 2.56. The van der Waals surface area contributed by atoms with Crippen molar-refractivity contribution in [3.63, 3.8) is 0 Å². The highest BCUT2D eigenvalue weighted by Crippen LogP contribution is 2.39.